The quantitative estimate of drug-likeness (QED) is 0.330. The molecule has 0 aliphatic heterocycles. The summed E-state index contributed by atoms with van der Waals surface area (Å²) in [7, 11) is 1.65. The molecule has 1 atom stereocenters. The summed E-state index contributed by atoms with van der Waals surface area (Å²) in [4.78, 5) is 0. The third-order valence-corrected chi connectivity index (χ3v) is 4.93. The minimum Gasteiger partial charge on any atom is -0.508 e. The Labute approximate surface area is 176 Å². The molecule has 158 valence electrons. The highest BCUT2D eigenvalue weighted by atomic mass is 16.5. The molecule has 0 aliphatic rings. The molecule has 0 bridgehead atoms. The lowest BCUT2D eigenvalue weighted by molar-refractivity contribution is 0.174. The molecule has 3 rings (SSSR count). The average molecular weight is 408 g/mol. The lowest BCUT2D eigenvalue weighted by Crippen LogP contribution is -2.23. The molecule has 0 spiro atoms. The van der Waals surface area contributed by atoms with E-state index in [1.165, 1.54) is 11.6 Å². The fourth-order valence-corrected chi connectivity index (χ4v) is 3.19. The van der Waals surface area contributed by atoms with Gasteiger partial charge in [0.05, 0.1) is 25.5 Å². The maximum atomic E-state index is 10.3. The molecule has 0 unspecified atom stereocenters. The summed E-state index contributed by atoms with van der Waals surface area (Å²) >= 11 is 0. The third-order valence-electron chi connectivity index (χ3n) is 4.93. The first-order valence-corrected chi connectivity index (χ1v) is 9.91. The molecule has 5 N–H and O–H groups in total. The van der Waals surface area contributed by atoms with E-state index in [-0.39, 0.29) is 12.4 Å². The highest BCUT2D eigenvalue weighted by Crippen LogP contribution is 2.27. The number of phenols is 1. The summed E-state index contributed by atoms with van der Waals surface area (Å²) in [6.07, 6.45) is 0.127. The summed E-state index contributed by atoms with van der Waals surface area (Å²) < 4.78 is 5.36. The number of hydrogen-bond donors (Lipinski definition) is 5. The molecule has 0 saturated carbocycles. The van der Waals surface area contributed by atoms with Crippen LogP contribution in [0.5, 0.6) is 11.5 Å². The number of hydrogen-bond acceptors (Lipinski definition) is 6. The Hall–Kier alpha value is -3.06. The Kier molecular flexibility index (Phi) is 7.68. The zero-order valence-electron chi connectivity index (χ0n) is 17.0. The van der Waals surface area contributed by atoms with Crippen molar-refractivity contribution in [1.82, 2.24) is 5.32 Å². The Morgan fingerprint density at radius 1 is 1.00 bits per heavy atom. The molecular weight excluding hydrogens is 380 g/mol. The summed E-state index contributed by atoms with van der Waals surface area (Å²) in [6.45, 7) is 0.853. The number of ether oxygens (including phenoxy) is 1. The van der Waals surface area contributed by atoms with E-state index in [9.17, 15) is 15.3 Å². The van der Waals surface area contributed by atoms with Gasteiger partial charge in [-0.15, -0.1) is 0 Å². The van der Waals surface area contributed by atoms with Crippen molar-refractivity contribution in [1.29, 1.82) is 0 Å². The number of benzene rings is 3. The van der Waals surface area contributed by atoms with Crippen LogP contribution in [0.1, 0.15) is 22.8 Å². The second-order valence-electron chi connectivity index (χ2n) is 7.04. The molecule has 0 aliphatic carbocycles. The lowest BCUT2D eigenvalue weighted by atomic mass is 10.1. The zero-order valence-corrected chi connectivity index (χ0v) is 17.0. The van der Waals surface area contributed by atoms with Gasteiger partial charge in [-0.25, -0.2) is 0 Å². The SMILES string of the molecule is COc1ccccc1Nc1ccc(CCNC[C@H](O)c2ccc(O)c(CO)c2)cc1. The maximum Gasteiger partial charge on any atom is 0.142 e. The van der Waals surface area contributed by atoms with Crippen molar-refractivity contribution in [2.75, 3.05) is 25.5 Å². The molecule has 0 aromatic heterocycles. The molecule has 3 aromatic rings. The van der Waals surface area contributed by atoms with E-state index in [4.69, 9.17) is 4.74 Å². The number of methoxy groups -OCH3 is 1. The summed E-state index contributed by atoms with van der Waals surface area (Å²) in [5.74, 6) is 0.828. The topological polar surface area (TPSA) is 94.0 Å². The van der Waals surface area contributed by atoms with Crippen molar-refractivity contribution in [3.05, 3.63) is 83.4 Å². The first-order chi connectivity index (χ1) is 14.6. The van der Waals surface area contributed by atoms with E-state index >= 15 is 0 Å². The van der Waals surface area contributed by atoms with Crippen LogP contribution in [0.15, 0.2) is 66.7 Å². The largest absolute Gasteiger partial charge is 0.508 e. The summed E-state index contributed by atoms with van der Waals surface area (Å²) in [6, 6.07) is 20.8. The molecular formula is C24H28N2O4. The number of rotatable bonds is 10. The van der Waals surface area contributed by atoms with Crippen LogP contribution >= 0.6 is 0 Å². The second-order valence-corrected chi connectivity index (χ2v) is 7.04. The van der Waals surface area contributed by atoms with E-state index < -0.39 is 6.10 Å². The van der Waals surface area contributed by atoms with Crippen molar-refractivity contribution in [3.63, 3.8) is 0 Å². The normalized spacial score (nSPS) is 11.8. The smallest absolute Gasteiger partial charge is 0.142 e. The average Bonchev–Trinajstić information content (AvgIpc) is 2.78. The van der Waals surface area contributed by atoms with E-state index in [0.29, 0.717) is 17.7 Å². The van der Waals surface area contributed by atoms with Gasteiger partial charge >= 0.3 is 0 Å². The Balaban J connectivity index is 1.46. The van der Waals surface area contributed by atoms with Gasteiger partial charge in [-0.2, -0.15) is 0 Å². The Morgan fingerprint density at radius 3 is 2.50 bits per heavy atom. The maximum absolute atomic E-state index is 10.3. The lowest BCUT2D eigenvalue weighted by Gasteiger charge is -2.14. The van der Waals surface area contributed by atoms with Gasteiger partial charge in [0.2, 0.25) is 0 Å². The molecule has 0 heterocycles. The van der Waals surface area contributed by atoms with Gasteiger partial charge in [-0.3, -0.25) is 0 Å². The van der Waals surface area contributed by atoms with Crippen molar-refractivity contribution in [3.8, 4) is 11.5 Å². The van der Waals surface area contributed by atoms with Gasteiger partial charge in [0.25, 0.3) is 0 Å². The van der Waals surface area contributed by atoms with E-state index in [0.717, 1.165) is 30.1 Å². The Bertz CT molecular complexity index is 944. The van der Waals surface area contributed by atoms with E-state index in [1.54, 1.807) is 19.2 Å². The number of aliphatic hydroxyl groups excluding tert-OH is 2. The van der Waals surface area contributed by atoms with Crippen LogP contribution in [0.4, 0.5) is 11.4 Å². The first-order valence-electron chi connectivity index (χ1n) is 9.91. The van der Waals surface area contributed by atoms with Gasteiger partial charge in [0, 0.05) is 17.8 Å². The molecule has 0 radical (unpaired) electrons. The van der Waals surface area contributed by atoms with Crippen LogP contribution in [0.25, 0.3) is 0 Å². The zero-order chi connectivity index (χ0) is 21.3. The molecule has 0 saturated heterocycles. The number of aromatic hydroxyl groups is 1. The fraction of sp³-hybridized carbons (Fsp3) is 0.250. The van der Waals surface area contributed by atoms with Crippen LogP contribution in [0.2, 0.25) is 0 Å². The van der Waals surface area contributed by atoms with E-state index in [1.807, 2.05) is 36.4 Å². The van der Waals surface area contributed by atoms with Crippen LogP contribution < -0.4 is 15.4 Å². The minimum absolute atomic E-state index is 0.0325. The highest BCUT2D eigenvalue weighted by Gasteiger charge is 2.10. The van der Waals surface area contributed by atoms with E-state index in [2.05, 4.69) is 22.8 Å². The van der Waals surface area contributed by atoms with Crippen LogP contribution in [-0.2, 0) is 13.0 Å². The van der Waals surface area contributed by atoms with Crippen molar-refractivity contribution in [2.45, 2.75) is 19.1 Å². The highest BCUT2D eigenvalue weighted by molar-refractivity contribution is 5.66. The number of para-hydroxylation sites is 2. The number of aliphatic hydroxyl groups is 2. The number of anilines is 2. The molecule has 0 amide bonds. The van der Waals surface area contributed by atoms with Crippen molar-refractivity contribution < 1.29 is 20.1 Å². The van der Waals surface area contributed by atoms with Gasteiger partial charge in [0.1, 0.15) is 11.5 Å². The van der Waals surface area contributed by atoms with Gasteiger partial charge < -0.3 is 30.7 Å². The van der Waals surface area contributed by atoms with Gasteiger partial charge in [-0.05, 0) is 60.5 Å². The number of nitrogens with one attached hydrogen (secondary N) is 2. The second kappa shape index (κ2) is 10.6. The van der Waals surface area contributed by atoms with Gasteiger partial charge in [0.15, 0.2) is 0 Å². The van der Waals surface area contributed by atoms with Crippen LogP contribution in [-0.4, -0.2) is 35.5 Å². The van der Waals surface area contributed by atoms with Crippen LogP contribution in [0, 0.1) is 0 Å². The standard InChI is InChI=1S/C24H28N2O4/c1-30-24-5-3-2-4-21(24)26-20-9-6-17(7-10-20)12-13-25-15-23(29)18-8-11-22(28)19(14-18)16-27/h2-11,14,23,25-29H,12-13,15-16H2,1H3/t23-/m0/s1. The summed E-state index contributed by atoms with van der Waals surface area (Å²) in [5.41, 5.74) is 4.17. The molecule has 6 nitrogen and oxygen atoms in total. The molecule has 3 aromatic carbocycles. The molecule has 6 heteroatoms. The predicted molar refractivity (Wildman–Crippen MR) is 118 cm³/mol. The minimum atomic E-state index is -0.705. The first kappa shape index (κ1) is 21.6. The summed E-state index contributed by atoms with van der Waals surface area (Å²) in [5, 5.41) is 35.7. The predicted octanol–water partition coefficient (Wildman–Crippen LogP) is 3.50. The Morgan fingerprint density at radius 2 is 1.77 bits per heavy atom. The monoisotopic (exact) mass is 408 g/mol. The fourth-order valence-electron chi connectivity index (χ4n) is 3.19. The third kappa shape index (κ3) is 5.73. The van der Waals surface area contributed by atoms with Crippen molar-refractivity contribution in [2.24, 2.45) is 0 Å². The molecule has 0 fully saturated rings. The van der Waals surface area contributed by atoms with Crippen LogP contribution in [0.3, 0.4) is 0 Å². The molecule has 30 heavy (non-hydrogen) atoms. The van der Waals surface area contributed by atoms with Gasteiger partial charge in [-0.1, -0.05) is 30.3 Å². The van der Waals surface area contributed by atoms with Crippen molar-refractivity contribution >= 4 is 11.4 Å².